The fraction of sp³-hybridized carbons (Fsp3) is 0.714. The van der Waals surface area contributed by atoms with E-state index in [-0.39, 0.29) is 13.0 Å². The largest absolute Gasteiger partial charge is 0.383 e. The van der Waals surface area contributed by atoms with E-state index in [9.17, 15) is 9.70 Å². The second-order valence-electron chi connectivity index (χ2n) is 2.72. The highest BCUT2D eigenvalue weighted by Gasteiger charge is 2.10. The summed E-state index contributed by atoms with van der Waals surface area (Å²) >= 11 is 0. The quantitative estimate of drug-likeness (QED) is 0.188. The maximum absolute atomic E-state index is 10.4. The molecule has 0 bridgehead atoms. The minimum absolute atomic E-state index is 0.186. The lowest BCUT2D eigenvalue weighted by Gasteiger charge is -2.07. The van der Waals surface area contributed by atoms with Crippen LogP contribution >= 0.6 is 0 Å². The summed E-state index contributed by atoms with van der Waals surface area (Å²) in [5.74, 6) is -0.768. The van der Waals surface area contributed by atoms with Gasteiger partial charge in [-0.2, -0.15) is 10.3 Å². The summed E-state index contributed by atoms with van der Waals surface area (Å²) in [6.07, 6.45) is 1.62. The van der Waals surface area contributed by atoms with Crippen LogP contribution in [0.25, 0.3) is 0 Å². The third-order valence-electron chi connectivity index (χ3n) is 1.64. The van der Waals surface area contributed by atoms with Gasteiger partial charge in [-0.25, -0.2) is 0 Å². The second kappa shape index (κ2) is 6.80. The zero-order chi connectivity index (χ0) is 11.0. The lowest BCUT2D eigenvalue weighted by atomic mass is 10.1. The van der Waals surface area contributed by atoms with Crippen molar-refractivity contribution in [2.24, 2.45) is 11.0 Å². The number of hydrogen-bond donors (Lipinski definition) is 2. The average molecular weight is 200 g/mol. The van der Waals surface area contributed by atoms with Gasteiger partial charge >= 0.3 is 0 Å². The van der Waals surface area contributed by atoms with E-state index in [4.69, 9.17) is 16.1 Å². The molecule has 0 saturated heterocycles. The van der Waals surface area contributed by atoms with Crippen molar-refractivity contribution >= 4 is 5.91 Å². The summed E-state index contributed by atoms with van der Waals surface area (Å²) in [6.45, 7) is 0.186. The predicted molar refractivity (Wildman–Crippen MR) is 47.2 cm³/mol. The average Bonchev–Trinajstić information content (AvgIpc) is 2.17. The number of nitroso groups, excluding NO2 is 1. The summed E-state index contributed by atoms with van der Waals surface area (Å²) in [7, 11) is 0. The molecular weight excluding hydrogens is 188 g/mol. The number of amides is 1. The fourth-order valence-electron chi connectivity index (χ4n) is 0.851. The Morgan fingerprint density at radius 1 is 1.64 bits per heavy atom. The minimum atomic E-state index is -1.16. The minimum Gasteiger partial charge on any atom is -0.383 e. The van der Waals surface area contributed by atoms with E-state index in [2.05, 4.69) is 5.29 Å². The van der Waals surface area contributed by atoms with Crippen LogP contribution in [0, 0.1) is 16.4 Å². The van der Waals surface area contributed by atoms with E-state index < -0.39 is 12.0 Å². The first-order valence-corrected chi connectivity index (χ1v) is 4.09. The summed E-state index contributed by atoms with van der Waals surface area (Å²) in [5, 5.41) is 20.4. The van der Waals surface area contributed by atoms with Crippen LogP contribution < -0.4 is 5.73 Å². The van der Waals surface area contributed by atoms with Gasteiger partial charge in [0, 0.05) is 0 Å². The second-order valence-corrected chi connectivity index (χ2v) is 2.72. The Morgan fingerprint density at radius 2 is 2.29 bits per heavy atom. The molecule has 0 aliphatic rings. The number of nitrogens with zero attached hydrogens (tertiary/aromatic N) is 3. The summed E-state index contributed by atoms with van der Waals surface area (Å²) < 4.78 is 0. The zero-order valence-corrected chi connectivity index (χ0v) is 7.59. The Kier molecular flexibility index (Phi) is 5.98. The molecule has 1 unspecified atom stereocenters. The number of carbonyl (C=O) groups excluding carboxylic acids is 1. The van der Waals surface area contributed by atoms with E-state index in [1.807, 2.05) is 0 Å². The van der Waals surface area contributed by atoms with Crippen molar-refractivity contribution in [3.05, 3.63) is 4.91 Å². The van der Waals surface area contributed by atoms with Crippen LogP contribution in [0.2, 0.25) is 0 Å². The number of rotatable bonds is 7. The van der Waals surface area contributed by atoms with Gasteiger partial charge in [-0.3, -0.25) is 4.79 Å². The third kappa shape index (κ3) is 5.05. The maximum atomic E-state index is 10.4. The Hall–Kier alpha value is -1.68. The van der Waals surface area contributed by atoms with Crippen LogP contribution in [-0.4, -0.2) is 28.7 Å². The number of nitriles is 1. The normalized spacial score (nSPS) is 11.4. The number of nitrogens with two attached hydrogens (primary N) is 1. The maximum Gasteiger partial charge on any atom is 0.246 e. The smallest absolute Gasteiger partial charge is 0.246 e. The highest BCUT2D eigenvalue weighted by atomic mass is 16.3. The predicted octanol–water partition coefficient (Wildman–Crippen LogP) is -0.533. The molecule has 7 heteroatoms. The Bertz CT molecular complexity index is 238. The van der Waals surface area contributed by atoms with Crippen molar-refractivity contribution in [2.75, 3.05) is 6.54 Å². The first kappa shape index (κ1) is 12.3. The molecule has 0 heterocycles. The Balaban J connectivity index is 3.52. The van der Waals surface area contributed by atoms with Crippen molar-refractivity contribution < 1.29 is 9.90 Å². The summed E-state index contributed by atoms with van der Waals surface area (Å²) in [4.78, 5) is 20.3. The number of primary amides is 1. The van der Waals surface area contributed by atoms with Crippen molar-refractivity contribution in [3.63, 3.8) is 0 Å². The molecule has 0 radical (unpaired) electrons. The molecule has 1 amide bonds. The first-order valence-electron chi connectivity index (χ1n) is 4.09. The number of carbonyl (C=O) groups is 1. The molecule has 78 valence electrons. The first-order chi connectivity index (χ1) is 6.61. The molecular formula is C7H12N4O3. The summed E-state index contributed by atoms with van der Waals surface area (Å²) in [6, 6.07) is 0. The molecule has 14 heavy (non-hydrogen) atoms. The molecule has 0 aromatic heterocycles. The van der Waals surface area contributed by atoms with Crippen LogP contribution in [0.4, 0.5) is 0 Å². The number of hydrogen-bond acceptors (Lipinski definition) is 5. The van der Waals surface area contributed by atoms with Gasteiger partial charge in [0.05, 0.1) is 11.8 Å². The van der Waals surface area contributed by atoms with Crippen molar-refractivity contribution in [3.8, 4) is 6.19 Å². The van der Waals surface area contributed by atoms with Gasteiger partial charge in [-0.05, 0) is 19.3 Å². The molecule has 0 spiro atoms. The topological polar surface area (TPSA) is 120 Å². The van der Waals surface area contributed by atoms with Crippen molar-refractivity contribution in [1.29, 1.82) is 5.26 Å². The van der Waals surface area contributed by atoms with E-state index in [1.165, 1.54) is 0 Å². The number of aliphatic hydroxyl groups excluding tert-OH is 1. The molecule has 1 atom stereocenters. The van der Waals surface area contributed by atoms with Crippen LogP contribution in [0.1, 0.15) is 19.3 Å². The van der Waals surface area contributed by atoms with E-state index >= 15 is 0 Å². The Morgan fingerprint density at radius 3 is 2.71 bits per heavy atom. The molecule has 0 aliphatic heterocycles. The molecule has 0 aromatic rings. The monoisotopic (exact) mass is 200 g/mol. The Labute approximate surface area is 81.0 Å². The molecule has 7 nitrogen and oxygen atoms in total. The highest BCUT2D eigenvalue weighted by Crippen LogP contribution is 2.02. The lowest BCUT2D eigenvalue weighted by molar-refractivity contribution is -0.126. The standard InChI is InChI=1S/C7H12N4O3/c8-5-11(10-14)4-2-1-3-6(12)7(9)13/h6,12H,1-4H2,(H2,9,13). The van der Waals surface area contributed by atoms with Gasteiger partial charge in [-0.15, -0.1) is 4.91 Å². The molecule has 0 aliphatic carbocycles. The number of unbranched alkanes of at least 4 members (excludes halogenated alkanes) is 1. The number of aliphatic hydroxyl groups is 1. The third-order valence-corrected chi connectivity index (χ3v) is 1.64. The fourth-order valence-corrected chi connectivity index (χ4v) is 0.851. The summed E-state index contributed by atoms with van der Waals surface area (Å²) in [5.41, 5.74) is 4.81. The van der Waals surface area contributed by atoms with Gasteiger partial charge in [0.2, 0.25) is 12.1 Å². The van der Waals surface area contributed by atoms with Gasteiger partial charge < -0.3 is 10.8 Å². The van der Waals surface area contributed by atoms with Crippen LogP contribution in [0.3, 0.4) is 0 Å². The van der Waals surface area contributed by atoms with E-state index in [0.29, 0.717) is 17.9 Å². The zero-order valence-electron chi connectivity index (χ0n) is 7.59. The lowest BCUT2D eigenvalue weighted by Crippen LogP contribution is -2.28. The van der Waals surface area contributed by atoms with Crippen LogP contribution in [-0.2, 0) is 4.79 Å². The van der Waals surface area contributed by atoms with E-state index in [1.54, 1.807) is 6.19 Å². The van der Waals surface area contributed by atoms with Crippen molar-refractivity contribution in [1.82, 2.24) is 5.01 Å². The molecule has 0 fully saturated rings. The van der Waals surface area contributed by atoms with Crippen molar-refractivity contribution in [2.45, 2.75) is 25.4 Å². The van der Waals surface area contributed by atoms with Gasteiger partial charge in [0.25, 0.3) is 0 Å². The molecule has 3 N–H and O–H groups in total. The van der Waals surface area contributed by atoms with Gasteiger partial charge in [0.1, 0.15) is 6.10 Å². The van der Waals surface area contributed by atoms with Crippen LogP contribution in [0.5, 0.6) is 0 Å². The molecule has 0 rings (SSSR count). The van der Waals surface area contributed by atoms with Crippen LogP contribution in [0.15, 0.2) is 5.29 Å². The molecule has 0 aromatic carbocycles. The van der Waals surface area contributed by atoms with Gasteiger partial charge in [0.15, 0.2) is 0 Å². The van der Waals surface area contributed by atoms with E-state index in [0.717, 1.165) is 0 Å². The SMILES string of the molecule is N#CN(CCCCC(O)C(N)=O)N=O. The molecule has 0 saturated carbocycles. The van der Waals surface area contributed by atoms with Gasteiger partial charge in [-0.1, -0.05) is 0 Å². The highest BCUT2D eigenvalue weighted by molar-refractivity contribution is 5.78.